The third kappa shape index (κ3) is 1.67. The Morgan fingerprint density at radius 1 is 1.44 bits per heavy atom. The standard InChI is InChI=1S/C13H13ClFNO2/c14-10-3-1-2-9(11(10)17)12(18)16-6-13(7-16)4-8(15)5-13/h1-3,8,17H,4-7H2. The lowest BCUT2D eigenvalue weighted by Gasteiger charge is -2.57. The van der Waals surface area contributed by atoms with Crippen LogP contribution < -0.4 is 0 Å². The number of amides is 1. The monoisotopic (exact) mass is 269 g/mol. The minimum Gasteiger partial charge on any atom is -0.506 e. The topological polar surface area (TPSA) is 40.5 Å². The highest BCUT2D eigenvalue weighted by molar-refractivity contribution is 6.32. The summed E-state index contributed by atoms with van der Waals surface area (Å²) in [5.74, 6) is -0.412. The lowest BCUT2D eigenvalue weighted by molar-refractivity contribution is -0.0851. The van der Waals surface area contributed by atoms with Gasteiger partial charge in [0.2, 0.25) is 0 Å². The van der Waals surface area contributed by atoms with E-state index in [0.29, 0.717) is 25.9 Å². The molecule has 5 heteroatoms. The molecule has 0 radical (unpaired) electrons. The zero-order chi connectivity index (χ0) is 12.9. The maximum Gasteiger partial charge on any atom is 0.257 e. The van der Waals surface area contributed by atoms with E-state index in [1.54, 1.807) is 17.0 Å². The number of phenols is 1. The second-order valence-corrected chi connectivity index (χ2v) is 5.71. The van der Waals surface area contributed by atoms with Crippen LogP contribution in [0.15, 0.2) is 18.2 Å². The average Bonchev–Trinajstić information content (AvgIpc) is 2.24. The fourth-order valence-corrected chi connectivity index (χ4v) is 3.08. The van der Waals surface area contributed by atoms with Gasteiger partial charge in [0, 0.05) is 18.5 Å². The third-order valence-electron chi connectivity index (χ3n) is 3.87. The van der Waals surface area contributed by atoms with E-state index in [1.807, 2.05) is 0 Å². The number of alkyl halides is 1. The van der Waals surface area contributed by atoms with Gasteiger partial charge in [-0.25, -0.2) is 4.39 Å². The molecule has 1 saturated heterocycles. The Kier molecular flexibility index (Phi) is 2.52. The van der Waals surface area contributed by atoms with Gasteiger partial charge in [-0.05, 0) is 25.0 Å². The van der Waals surface area contributed by atoms with Crippen molar-refractivity contribution in [3.05, 3.63) is 28.8 Å². The molecular weight excluding hydrogens is 257 g/mol. The van der Waals surface area contributed by atoms with Crippen LogP contribution in [0.25, 0.3) is 0 Å². The van der Waals surface area contributed by atoms with Crippen molar-refractivity contribution in [2.45, 2.75) is 19.0 Å². The number of carbonyl (C=O) groups excluding carboxylic acids is 1. The molecule has 2 aliphatic rings. The van der Waals surface area contributed by atoms with Crippen LogP contribution in [0.2, 0.25) is 5.02 Å². The van der Waals surface area contributed by atoms with Crippen LogP contribution in [0, 0.1) is 5.41 Å². The first-order valence-corrected chi connectivity index (χ1v) is 6.29. The van der Waals surface area contributed by atoms with E-state index in [0.717, 1.165) is 0 Å². The number of likely N-dealkylation sites (tertiary alicyclic amines) is 1. The van der Waals surface area contributed by atoms with Gasteiger partial charge in [0.05, 0.1) is 10.6 Å². The summed E-state index contributed by atoms with van der Waals surface area (Å²) in [7, 11) is 0. The Morgan fingerprint density at radius 2 is 2.11 bits per heavy atom. The average molecular weight is 270 g/mol. The van der Waals surface area contributed by atoms with Gasteiger partial charge in [0.25, 0.3) is 5.91 Å². The third-order valence-corrected chi connectivity index (χ3v) is 4.17. The van der Waals surface area contributed by atoms with E-state index in [1.165, 1.54) is 6.07 Å². The van der Waals surface area contributed by atoms with Crippen molar-refractivity contribution in [2.75, 3.05) is 13.1 Å². The summed E-state index contributed by atoms with van der Waals surface area (Å²) in [5.41, 5.74) is 0.219. The van der Waals surface area contributed by atoms with Crippen LogP contribution in [0.4, 0.5) is 4.39 Å². The first kappa shape index (κ1) is 11.8. The molecule has 96 valence electrons. The maximum atomic E-state index is 12.8. The molecule has 1 spiro atoms. The molecular formula is C13H13ClFNO2. The van der Waals surface area contributed by atoms with Crippen molar-refractivity contribution >= 4 is 17.5 Å². The number of phenolic OH excluding ortho intramolecular Hbond substituents is 1. The smallest absolute Gasteiger partial charge is 0.257 e. The zero-order valence-electron chi connectivity index (χ0n) is 9.70. The lowest BCUT2D eigenvalue weighted by atomic mass is 9.62. The number of para-hydroxylation sites is 1. The summed E-state index contributed by atoms with van der Waals surface area (Å²) in [6.07, 6.45) is 0.401. The predicted molar refractivity (Wildman–Crippen MR) is 65.6 cm³/mol. The molecule has 1 N–H and O–H groups in total. The number of hydrogen-bond acceptors (Lipinski definition) is 2. The Labute approximate surface area is 109 Å². The Bertz CT molecular complexity index is 506. The summed E-state index contributed by atoms with van der Waals surface area (Å²) >= 11 is 5.77. The summed E-state index contributed by atoms with van der Waals surface area (Å²) in [5, 5.41) is 9.91. The number of halogens is 2. The number of benzene rings is 1. The van der Waals surface area contributed by atoms with E-state index in [-0.39, 0.29) is 27.7 Å². The first-order valence-electron chi connectivity index (χ1n) is 5.92. The molecule has 18 heavy (non-hydrogen) atoms. The van der Waals surface area contributed by atoms with Crippen LogP contribution in [0.3, 0.4) is 0 Å². The van der Waals surface area contributed by atoms with E-state index >= 15 is 0 Å². The Morgan fingerprint density at radius 3 is 2.72 bits per heavy atom. The molecule has 1 saturated carbocycles. The van der Waals surface area contributed by atoms with Gasteiger partial charge in [-0.2, -0.15) is 0 Å². The minimum atomic E-state index is -0.707. The molecule has 1 aromatic carbocycles. The van der Waals surface area contributed by atoms with Crippen molar-refractivity contribution in [1.29, 1.82) is 0 Å². The van der Waals surface area contributed by atoms with Gasteiger partial charge < -0.3 is 10.0 Å². The predicted octanol–water partition coefficient (Wildman–Crippen LogP) is 2.62. The highest BCUT2D eigenvalue weighted by Gasteiger charge is 2.54. The van der Waals surface area contributed by atoms with Crippen LogP contribution in [-0.4, -0.2) is 35.2 Å². The van der Waals surface area contributed by atoms with Gasteiger partial charge in [-0.1, -0.05) is 17.7 Å². The van der Waals surface area contributed by atoms with Gasteiger partial charge in [0.1, 0.15) is 11.9 Å². The fraction of sp³-hybridized carbons (Fsp3) is 0.462. The lowest BCUT2D eigenvalue weighted by Crippen LogP contribution is -2.64. The van der Waals surface area contributed by atoms with E-state index < -0.39 is 6.17 Å². The van der Waals surface area contributed by atoms with Crippen LogP contribution in [0.1, 0.15) is 23.2 Å². The Balaban J connectivity index is 1.71. The van der Waals surface area contributed by atoms with Crippen molar-refractivity contribution in [1.82, 2.24) is 4.90 Å². The summed E-state index contributed by atoms with van der Waals surface area (Å²) < 4.78 is 12.8. The maximum absolute atomic E-state index is 12.8. The largest absolute Gasteiger partial charge is 0.506 e. The van der Waals surface area contributed by atoms with Crippen LogP contribution in [0.5, 0.6) is 5.75 Å². The fourth-order valence-electron chi connectivity index (χ4n) is 2.90. The van der Waals surface area contributed by atoms with Crippen molar-refractivity contribution < 1.29 is 14.3 Å². The quantitative estimate of drug-likeness (QED) is 0.851. The number of aromatic hydroxyl groups is 1. The zero-order valence-corrected chi connectivity index (χ0v) is 10.5. The molecule has 0 atom stereocenters. The van der Waals surface area contributed by atoms with Crippen LogP contribution in [-0.2, 0) is 0 Å². The second-order valence-electron chi connectivity index (χ2n) is 5.30. The minimum absolute atomic E-state index is 0.00324. The number of rotatable bonds is 1. The molecule has 1 aromatic rings. The van der Waals surface area contributed by atoms with Crippen LogP contribution >= 0.6 is 11.6 Å². The summed E-state index contributed by atoms with van der Waals surface area (Å²) in [6.45, 7) is 1.16. The molecule has 2 fully saturated rings. The molecule has 0 aromatic heterocycles. The van der Waals surface area contributed by atoms with Crippen molar-refractivity contribution in [3.63, 3.8) is 0 Å². The number of hydrogen-bond donors (Lipinski definition) is 1. The normalized spacial score (nSPS) is 21.6. The van der Waals surface area contributed by atoms with Gasteiger partial charge in [-0.15, -0.1) is 0 Å². The number of carbonyl (C=O) groups is 1. The van der Waals surface area contributed by atoms with Gasteiger partial charge in [0.15, 0.2) is 0 Å². The molecule has 0 unspecified atom stereocenters. The van der Waals surface area contributed by atoms with Gasteiger partial charge >= 0.3 is 0 Å². The highest BCUT2D eigenvalue weighted by atomic mass is 35.5. The molecule has 3 nitrogen and oxygen atoms in total. The Hall–Kier alpha value is -1.29. The molecule has 1 amide bonds. The molecule has 1 heterocycles. The molecule has 1 aliphatic carbocycles. The highest BCUT2D eigenvalue weighted by Crippen LogP contribution is 2.50. The van der Waals surface area contributed by atoms with E-state index in [2.05, 4.69) is 0 Å². The van der Waals surface area contributed by atoms with E-state index in [4.69, 9.17) is 11.6 Å². The van der Waals surface area contributed by atoms with Crippen molar-refractivity contribution in [2.24, 2.45) is 5.41 Å². The van der Waals surface area contributed by atoms with E-state index in [9.17, 15) is 14.3 Å². The number of nitrogens with zero attached hydrogens (tertiary/aromatic N) is 1. The molecule has 3 rings (SSSR count). The SMILES string of the molecule is O=C(c1cccc(Cl)c1O)N1CC2(CC(F)C2)C1. The van der Waals surface area contributed by atoms with Crippen molar-refractivity contribution in [3.8, 4) is 5.75 Å². The molecule has 0 bridgehead atoms. The first-order chi connectivity index (χ1) is 8.51. The van der Waals surface area contributed by atoms with Gasteiger partial charge in [-0.3, -0.25) is 4.79 Å². The summed E-state index contributed by atoms with van der Waals surface area (Å²) in [6, 6.07) is 4.71. The molecule has 1 aliphatic heterocycles. The summed E-state index contributed by atoms with van der Waals surface area (Å²) in [4.78, 5) is 13.8. The second kappa shape index (κ2) is 3.85.